The maximum absolute atomic E-state index is 7.76. The van der Waals surface area contributed by atoms with Gasteiger partial charge in [-0.2, -0.15) is 10.5 Å². The third kappa shape index (κ3) is 6.80. The van der Waals surface area contributed by atoms with E-state index in [1.807, 2.05) is 30.3 Å². The maximum atomic E-state index is 7.76. The summed E-state index contributed by atoms with van der Waals surface area (Å²) in [6.07, 6.45) is 0. The SMILES string of the molecule is Brc1ccccc1.C=C(C#N)C#N. The minimum atomic E-state index is -0.0463. The van der Waals surface area contributed by atoms with Crippen molar-refractivity contribution in [3.05, 3.63) is 47.0 Å². The van der Waals surface area contributed by atoms with E-state index in [4.69, 9.17) is 10.5 Å². The quantitative estimate of drug-likeness (QED) is 0.649. The lowest BCUT2D eigenvalue weighted by Gasteiger charge is -1.80. The monoisotopic (exact) mass is 234 g/mol. The van der Waals surface area contributed by atoms with Crippen LogP contribution in [0.3, 0.4) is 0 Å². The molecule has 0 saturated carbocycles. The third-order valence-electron chi connectivity index (χ3n) is 1.00. The van der Waals surface area contributed by atoms with Crippen LogP contribution in [0.1, 0.15) is 0 Å². The van der Waals surface area contributed by atoms with Crippen LogP contribution in [0.2, 0.25) is 0 Å². The van der Waals surface area contributed by atoms with E-state index < -0.39 is 0 Å². The molecule has 0 aromatic heterocycles. The van der Waals surface area contributed by atoms with Crippen molar-refractivity contribution in [2.24, 2.45) is 0 Å². The van der Waals surface area contributed by atoms with E-state index in [0.717, 1.165) is 4.47 Å². The van der Waals surface area contributed by atoms with Crippen molar-refractivity contribution in [3.63, 3.8) is 0 Å². The normalized spacial score (nSPS) is 7.00. The van der Waals surface area contributed by atoms with Crippen LogP contribution < -0.4 is 0 Å². The summed E-state index contributed by atoms with van der Waals surface area (Å²) in [6, 6.07) is 13.1. The van der Waals surface area contributed by atoms with Crippen LogP contribution >= 0.6 is 15.9 Å². The van der Waals surface area contributed by atoms with Gasteiger partial charge in [-0.3, -0.25) is 0 Å². The van der Waals surface area contributed by atoms with E-state index in [0.29, 0.717) is 0 Å². The van der Waals surface area contributed by atoms with Crippen molar-refractivity contribution in [3.8, 4) is 12.1 Å². The largest absolute Gasteiger partial charge is 0.192 e. The Kier molecular flexibility index (Phi) is 6.23. The van der Waals surface area contributed by atoms with Crippen molar-refractivity contribution in [2.75, 3.05) is 0 Å². The molecule has 0 bridgehead atoms. The van der Waals surface area contributed by atoms with Gasteiger partial charge in [-0.25, -0.2) is 0 Å². The van der Waals surface area contributed by atoms with Crippen LogP contribution in [0, 0.1) is 22.7 Å². The fourth-order valence-electron chi connectivity index (χ4n) is 0.440. The summed E-state index contributed by atoms with van der Waals surface area (Å²) >= 11 is 3.31. The lowest BCUT2D eigenvalue weighted by atomic mass is 10.4. The van der Waals surface area contributed by atoms with E-state index in [2.05, 4.69) is 22.5 Å². The molecule has 1 aromatic rings. The molecule has 13 heavy (non-hydrogen) atoms. The molecule has 2 nitrogen and oxygen atoms in total. The first-order chi connectivity index (χ1) is 6.20. The number of halogens is 1. The van der Waals surface area contributed by atoms with E-state index >= 15 is 0 Å². The summed E-state index contributed by atoms with van der Waals surface area (Å²) in [5.41, 5.74) is -0.0463. The Balaban J connectivity index is 0.000000226. The molecule has 64 valence electrons. The van der Waals surface area contributed by atoms with Crippen LogP contribution in [-0.2, 0) is 0 Å². The number of nitrogens with zero attached hydrogens (tertiary/aromatic N) is 2. The van der Waals surface area contributed by atoms with Crippen molar-refractivity contribution in [1.82, 2.24) is 0 Å². The highest BCUT2D eigenvalue weighted by Crippen LogP contribution is 2.05. The lowest BCUT2D eigenvalue weighted by Crippen LogP contribution is -1.58. The number of hydrogen-bond donors (Lipinski definition) is 0. The predicted octanol–water partition coefficient (Wildman–Crippen LogP) is 3.04. The second-order valence-electron chi connectivity index (χ2n) is 2.00. The van der Waals surface area contributed by atoms with E-state index in [9.17, 15) is 0 Å². The molecule has 1 aromatic carbocycles. The third-order valence-corrected chi connectivity index (χ3v) is 1.53. The Hall–Kier alpha value is -1.58. The highest BCUT2D eigenvalue weighted by atomic mass is 79.9. The van der Waals surface area contributed by atoms with Crippen LogP contribution in [0.25, 0.3) is 0 Å². The number of benzene rings is 1. The molecule has 0 heterocycles. The zero-order chi connectivity index (χ0) is 10.1. The molecule has 0 atom stereocenters. The molecule has 0 amide bonds. The maximum Gasteiger partial charge on any atom is 0.122 e. The second-order valence-corrected chi connectivity index (χ2v) is 2.91. The van der Waals surface area contributed by atoms with Gasteiger partial charge in [-0.1, -0.05) is 40.7 Å². The topological polar surface area (TPSA) is 47.6 Å². The van der Waals surface area contributed by atoms with Crippen LogP contribution in [0.15, 0.2) is 47.0 Å². The highest BCUT2D eigenvalue weighted by molar-refractivity contribution is 9.10. The van der Waals surface area contributed by atoms with E-state index in [1.165, 1.54) is 0 Å². The molecule has 0 aliphatic heterocycles. The first-order valence-electron chi connectivity index (χ1n) is 3.40. The van der Waals surface area contributed by atoms with E-state index in [1.54, 1.807) is 12.1 Å². The number of hydrogen-bond acceptors (Lipinski definition) is 2. The Bertz CT molecular complexity index is 327. The lowest BCUT2D eigenvalue weighted by molar-refractivity contribution is 1.47. The molecule has 0 aliphatic rings. The minimum Gasteiger partial charge on any atom is -0.192 e. The van der Waals surface area contributed by atoms with Crippen molar-refractivity contribution in [1.29, 1.82) is 10.5 Å². The standard InChI is InChI=1S/C6H5Br.C4H2N2/c7-6-4-2-1-3-5-6;1-4(2-5)3-6/h1-5H;1H2. The molecule has 0 N–H and O–H groups in total. The summed E-state index contributed by atoms with van der Waals surface area (Å²) in [4.78, 5) is 0. The summed E-state index contributed by atoms with van der Waals surface area (Å²) in [7, 11) is 0. The van der Waals surface area contributed by atoms with Gasteiger partial charge in [0.15, 0.2) is 0 Å². The Morgan fingerprint density at radius 3 is 1.77 bits per heavy atom. The zero-order valence-corrected chi connectivity index (χ0v) is 8.45. The van der Waals surface area contributed by atoms with Gasteiger partial charge in [0.05, 0.1) is 0 Å². The van der Waals surface area contributed by atoms with Gasteiger partial charge >= 0.3 is 0 Å². The fraction of sp³-hybridized carbons (Fsp3) is 0. The Morgan fingerprint density at radius 1 is 1.15 bits per heavy atom. The first kappa shape index (κ1) is 11.4. The first-order valence-corrected chi connectivity index (χ1v) is 4.19. The minimum absolute atomic E-state index is 0.0463. The van der Waals surface area contributed by atoms with Crippen molar-refractivity contribution < 1.29 is 0 Å². The smallest absolute Gasteiger partial charge is 0.122 e. The van der Waals surface area contributed by atoms with Crippen molar-refractivity contribution >= 4 is 15.9 Å². The predicted molar refractivity (Wildman–Crippen MR) is 54.5 cm³/mol. The summed E-state index contributed by atoms with van der Waals surface area (Å²) < 4.78 is 1.13. The zero-order valence-electron chi connectivity index (χ0n) is 6.87. The molecular formula is C10H7BrN2. The summed E-state index contributed by atoms with van der Waals surface area (Å²) in [5, 5.41) is 15.5. The van der Waals surface area contributed by atoms with Crippen molar-refractivity contribution in [2.45, 2.75) is 0 Å². The highest BCUT2D eigenvalue weighted by Gasteiger charge is 1.76. The number of rotatable bonds is 0. The van der Waals surface area contributed by atoms with Gasteiger partial charge in [-0.15, -0.1) is 0 Å². The Morgan fingerprint density at radius 2 is 1.62 bits per heavy atom. The van der Waals surface area contributed by atoms with Crippen LogP contribution in [-0.4, -0.2) is 0 Å². The number of allylic oxidation sites excluding steroid dienone is 1. The molecule has 0 spiro atoms. The van der Waals surface area contributed by atoms with Gasteiger partial charge in [-0.05, 0) is 12.1 Å². The van der Waals surface area contributed by atoms with E-state index in [-0.39, 0.29) is 5.57 Å². The molecule has 0 unspecified atom stereocenters. The molecule has 3 heteroatoms. The number of nitriles is 2. The second kappa shape index (κ2) is 7.09. The summed E-state index contributed by atoms with van der Waals surface area (Å²) in [6.45, 7) is 3.07. The average Bonchev–Trinajstić information content (AvgIpc) is 2.19. The molecule has 0 saturated heterocycles. The van der Waals surface area contributed by atoms with Gasteiger partial charge in [0.1, 0.15) is 17.7 Å². The van der Waals surface area contributed by atoms with Crippen LogP contribution in [0.4, 0.5) is 0 Å². The molecular weight excluding hydrogens is 228 g/mol. The van der Waals surface area contributed by atoms with Gasteiger partial charge in [0.2, 0.25) is 0 Å². The van der Waals surface area contributed by atoms with Crippen LogP contribution in [0.5, 0.6) is 0 Å². The molecule has 1 rings (SSSR count). The molecule has 0 fully saturated rings. The van der Waals surface area contributed by atoms with Gasteiger partial charge in [0.25, 0.3) is 0 Å². The Labute approximate surface area is 85.9 Å². The van der Waals surface area contributed by atoms with Gasteiger partial charge in [0, 0.05) is 4.47 Å². The summed E-state index contributed by atoms with van der Waals surface area (Å²) in [5.74, 6) is 0. The molecule has 0 radical (unpaired) electrons. The fourth-order valence-corrected chi connectivity index (χ4v) is 0.745. The molecule has 0 aliphatic carbocycles. The average molecular weight is 235 g/mol. The van der Waals surface area contributed by atoms with Gasteiger partial charge < -0.3 is 0 Å².